The molecule has 0 radical (unpaired) electrons. The summed E-state index contributed by atoms with van der Waals surface area (Å²) in [6, 6.07) is 10.8. The van der Waals surface area contributed by atoms with Crippen molar-refractivity contribution in [3.05, 3.63) is 65.6 Å². The van der Waals surface area contributed by atoms with Crippen molar-refractivity contribution in [1.82, 2.24) is 19.9 Å². The number of halogens is 3. The highest BCUT2D eigenvalue weighted by Crippen LogP contribution is 2.31. The van der Waals surface area contributed by atoms with E-state index in [-0.39, 0.29) is 36.6 Å². The van der Waals surface area contributed by atoms with Crippen molar-refractivity contribution >= 4 is 17.3 Å². The molecule has 3 aromatic rings. The molecule has 0 aliphatic heterocycles. The third-order valence-corrected chi connectivity index (χ3v) is 3.93. The van der Waals surface area contributed by atoms with Gasteiger partial charge >= 0.3 is 6.18 Å². The third kappa shape index (κ3) is 4.30. The molecule has 9 heteroatoms. The Hall–Kier alpha value is -3.23. The van der Waals surface area contributed by atoms with E-state index in [1.807, 2.05) is 0 Å². The van der Waals surface area contributed by atoms with E-state index in [1.165, 1.54) is 16.7 Å². The second-order valence-electron chi connectivity index (χ2n) is 5.80. The molecule has 2 heterocycles. The van der Waals surface area contributed by atoms with Crippen LogP contribution in [-0.4, -0.2) is 26.3 Å². The maximum Gasteiger partial charge on any atom is 0.420 e. The Labute approximate surface area is 152 Å². The molecule has 27 heavy (non-hydrogen) atoms. The lowest BCUT2D eigenvalue weighted by Gasteiger charge is -2.08. The SMILES string of the molecule is O=C(CCC(=O)c1ccccc1)NCc1nnc2c(C(F)(F)F)cccn12. The van der Waals surface area contributed by atoms with Crippen LogP contribution in [-0.2, 0) is 17.5 Å². The minimum atomic E-state index is -4.55. The number of pyridine rings is 1. The predicted molar refractivity (Wildman–Crippen MR) is 89.8 cm³/mol. The molecule has 0 saturated carbocycles. The molecule has 6 nitrogen and oxygen atoms in total. The minimum absolute atomic E-state index is 0.0295. The molecule has 0 aliphatic rings. The predicted octanol–water partition coefficient (Wildman–Crippen LogP) is 3.03. The van der Waals surface area contributed by atoms with Crippen LogP contribution in [0.15, 0.2) is 48.7 Å². The molecule has 1 amide bonds. The van der Waals surface area contributed by atoms with Crippen LogP contribution in [0.25, 0.3) is 5.65 Å². The number of fused-ring (bicyclic) bond motifs is 1. The fourth-order valence-corrected chi connectivity index (χ4v) is 2.57. The maximum absolute atomic E-state index is 13.0. The summed E-state index contributed by atoms with van der Waals surface area (Å²) in [6.45, 7) is -0.0964. The molecular formula is C18H15F3N4O2. The number of aromatic nitrogens is 3. The van der Waals surface area contributed by atoms with Crippen LogP contribution in [0.5, 0.6) is 0 Å². The van der Waals surface area contributed by atoms with Gasteiger partial charge in [0.1, 0.15) is 5.56 Å². The Morgan fingerprint density at radius 1 is 1.00 bits per heavy atom. The molecule has 0 unspecified atom stereocenters. The number of hydrogen-bond donors (Lipinski definition) is 1. The first-order valence-corrected chi connectivity index (χ1v) is 8.11. The Bertz CT molecular complexity index is 968. The minimum Gasteiger partial charge on any atom is -0.349 e. The standard InChI is InChI=1S/C18H15F3N4O2/c19-18(20,21)13-7-4-10-25-15(23-24-17(13)25)11-22-16(27)9-8-14(26)12-5-2-1-3-6-12/h1-7,10H,8-9,11H2,(H,22,27). The lowest BCUT2D eigenvalue weighted by atomic mass is 10.1. The highest BCUT2D eigenvalue weighted by Gasteiger charge is 2.34. The lowest BCUT2D eigenvalue weighted by Crippen LogP contribution is -2.24. The number of rotatable bonds is 6. The molecule has 0 fully saturated rings. The number of alkyl halides is 3. The molecule has 0 atom stereocenters. The lowest BCUT2D eigenvalue weighted by molar-refractivity contribution is -0.136. The number of nitrogens with one attached hydrogen (secondary N) is 1. The van der Waals surface area contributed by atoms with E-state index < -0.39 is 17.6 Å². The van der Waals surface area contributed by atoms with Gasteiger partial charge in [0.25, 0.3) is 0 Å². The number of hydrogen-bond acceptors (Lipinski definition) is 4. The number of nitrogens with zero attached hydrogens (tertiary/aromatic N) is 3. The summed E-state index contributed by atoms with van der Waals surface area (Å²) in [6.07, 6.45) is -3.15. The summed E-state index contributed by atoms with van der Waals surface area (Å²) in [5, 5.41) is 9.83. The molecular weight excluding hydrogens is 361 g/mol. The molecule has 2 aromatic heterocycles. The highest BCUT2D eigenvalue weighted by atomic mass is 19.4. The van der Waals surface area contributed by atoms with Gasteiger partial charge in [-0.15, -0.1) is 10.2 Å². The smallest absolute Gasteiger partial charge is 0.349 e. The van der Waals surface area contributed by atoms with Crippen molar-refractivity contribution in [1.29, 1.82) is 0 Å². The Balaban J connectivity index is 1.60. The Morgan fingerprint density at radius 2 is 1.74 bits per heavy atom. The van der Waals surface area contributed by atoms with E-state index in [1.54, 1.807) is 30.3 Å². The summed E-state index contributed by atoms with van der Waals surface area (Å²) < 4.78 is 40.1. The van der Waals surface area contributed by atoms with Gasteiger partial charge in [-0.3, -0.25) is 14.0 Å². The van der Waals surface area contributed by atoms with Crippen molar-refractivity contribution in [2.24, 2.45) is 0 Å². The maximum atomic E-state index is 13.0. The fraction of sp³-hybridized carbons (Fsp3) is 0.222. The fourth-order valence-electron chi connectivity index (χ4n) is 2.57. The summed E-state index contributed by atoms with van der Waals surface area (Å²) in [5.41, 5.74) is -0.703. The first-order valence-electron chi connectivity index (χ1n) is 8.11. The van der Waals surface area contributed by atoms with Crippen LogP contribution >= 0.6 is 0 Å². The first-order chi connectivity index (χ1) is 12.9. The first kappa shape index (κ1) is 18.6. The number of Topliss-reactive ketones (excluding diaryl/α,β-unsaturated/α-hetero) is 1. The molecule has 0 aliphatic carbocycles. The van der Waals surface area contributed by atoms with Gasteiger partial charge in [-0.05, 0) is 12.1 Å². The number of benzene rings is 1. The van der Waals surface area contributed by atoms with Gasteiger partial charge < -0.3 is 5.32 Å². The average Bonchev–Trinajstić information content (AvgIpc) is 3.07. The summed E-state index contributed by atoms with van der Waals surface area (Å²) in [4.78, 5) is 23.9. The number of ketones is 1. The van der Waals surface area contributed by atoms with Crippen LogP contribution in [0.1, 0.15) is 34.6 Å². The van der Waals surface area contributed by atoms with Crippen LogP contribution in [0.3, 0.4) is 0 Å². The van der Waals surface area contributed by atoms with E-state index in [0.29, 0.717) is 5.56 Å². The summed E-state index contributed by atoms with van der Waals surface area (Å²) in [5.74, 6) is -0.393. The van der Waals surface area contributed by atoms with Crippen LogP contribution in [0, 0.1) is 0 Å². The molecule has 140 valence electrons. The molecule has 3 rings (SSSR count). The number of amides is 1. The van der Waals surface area contributed by atoms with Gasteiger partial charge in [0, 0.05) is 24.6 Å². The zero-order chi connectivity index (χ0) is 19.4. The zero-order valence-corrected chi connectivity index (χ0v) is 14.0. The highest BCUT2D eigenvalue weighted by molar-refractivity contribution is 5.97. The molecule has 1 aromatic carbocycles. The van der Waals surface area contributed by atoms with Crippen LogP contribution in [0.4, 0.5) is 13.2 Å². The van der Waals surface area contributed by atoms with Gasteiger partial charge in [-0.25, -0.2) is 0 Å². The van der Waals surface area contributed by atoms with Crippen molar-refractivity contribution in [2.75, 3.05) is 0 Å². The largest absolute Gasteiger partial charge is 0.420 e. The van der Waals surface area contributed by atoms with Gasteiger partial charge in [0.05, 0.1) is 6.54 Å². The second kappa shape index (κ2) is 7.56. The van der Waals surface area contributed by atoms with Crippen LogP contribution in [0.2, 0.25) is 0 Å². The monoisotopic (exact) mass is 376 g/mol. The topological polar surface area (TPSA) is 76.4 Å². The van der Waals surface area contributed by atoms with E-state index in [2.05, 4.69) is 15.5 Å². The Morgan fingerprint density at radius 3 is 2.44 bits per heavy atom. The summed E-state index contributed by atoms with van der Waals surface area (Å²) in [7, 11) is 0. The zero-order valence-electron chi connectivity index (χ0n) is 14.0. The van der Waals surface area contributed by atoms with Gasteiger partial charge in [-0.2, -0.15) is 13.2 Å². The molecule has 1 N–H and O–H groups in total. The number of carbonyl (C=O) groups is 2. The second-order valence-corrected chi connectivity index (χ2v) is 5.80. The average molecular weight is 376 g/mol. The van der Waals surface area contributed by atoms with Crippen LogP contribution < -0.4 is 5.32 Å². The van der Waals surface area contributed by atoms with Gasteiger partial charge in [0.15, 0.2) is 17.3 Å². The number of carbonyl (C=O) groups excluding carboxylic acids is 2. The van der Waals surface area contributed by atoms with Crippen molar-refractivity contribution < 1.29 is 22.8 Å². The van der Waals surface area contributed by atoms with E-state index in [4.69, 9.17) is 0 Å². The van der Waals surface area contributed by atoms with Gasteiger partial charge in [0.2, 0.25) is 5.91 Å². The molecule has 0 saturated heterocycles. The van der Waals surface area contributed by atoms with E-state index in [9.17, 15) is 22.8 Å². The van der Waals surface area contributed by atoms with Gasteiger partial charge in [-0.1, -0.05) is 30.3 Å². The van der Waals surface area contributed by atoms with Crippen molar-refractivity contribution in [3.63, 3.8) is 0 Å². The Kier molecular flexibility index (Phi) is 5.20. The molecule has 0 spiro atoms. The van der Waals surface area contributed by atoms with Crippen molar-refractivity contribution in [2.45, 2.75) is 25.6 Å². The quantitative estimate of drug-likeness (QED) is 0.671. The van der Waals surface area contributed by atoms with E-state index in [0.717, 1.165) is 6.07 Å². The molecule has 0 bridgehead atoms. The van der Waals surface area contributed by atoms with E-state index >= 15 is 0 Å². The normalized spacial score (nSPS) is 11.5. The third-order valence-electron chi connectivity index (χ3n) is 3.93. The summed E-state index contributed by atoms with van der Waals surface area (Å²) >= 11 is 0. The van der Waals surface area contributed by atoms with Crippen molar-refractivity contribution in [3.8, 4) is 0 Å².